The molecule has 0 spiro atoms. The minimum atomic E-state index is -0.0383. The van der Waals surface area contributed by atoms with E-state index in [1.807, 2.05) is 55.5 Å². The number of nitrogens with one attached hydrogen (secondary N) is 1. The second kappa shape index (κ2) is 6.53. The Morgan fingerprint density at radius 2 is 1.90 bits per heavy atom. The van der Waals surface area contributed by atoms with E-state index in [1.54, 1.807) is 0 Å². The van der Waals surface area contributed by atoms with Crippen molar-refractivity contribution in [2.75, 3.05) is 5.32 Å². The molecule has 0 saturated heterocycles. The van der Waals surface area contributed by atoms with Gasteiger partial charge in [0.1, 0.15) is 0 Å². The molecule has 1 amide bonds. The first-order valence-corrected chi connectivity index (χ1v) is 6.48. The van der Waals surface area contributed by atoms with Crippen LogP contribution in [0, 0.1) is 18.3 Å². The number of nitriles is 1. The summed E-state index contributed by atoms with van der Waals surface area (Å²) < 4.78 is 0. The van der Waals surface area contributed by atoms with E-state index in [-0.39, 0.29) is 5.91 Å². The van der Waals surface area contributed by atoms with Crippen LogP contribution < -0.4 is 5.32 Å². The van der Waals surface area contributed by atoms with Gasteiger partial charge in [0.2, 0.25) is 5.91 Å². The fourth-order valence-corrected chi connectivity index (χ4v) is 2.01. The summed E-state index contributed by atoms with van der Waals surface area (Å²) in [4.78, 5) is 11.9. The van der Waals surface area contributed by atoms with Gasteiger partial charge in [0.25, 0.3) is 0 Å². The van der Waals surface area contributed by atoms with Crippen LogP contribution in [0.3, 0.4) is 0 Å². The number of benzene rings is 2. The molecule has 0 bridgehead atoms. The van der Waals surface area contributed by atoms with E-state index in [0.717, 1.165) is 22.4 Å². The predicted molar refractivity (Wildman–Crippen MR) is 79.3 cm³/mol. The molecule has 100 valence electrons. The van der Waals surface area contributed by atoms with Gasteiger partial charge >= 0.3 is 0 Å². The minimum Gasteiger partial charge on any atom is -0.326 e. The molecule has 0 saturated carbocycles. The Morgan fingerprint density at radius 3 is 2.55 bits per heavy atom. The van der Waals surface area contributed by atoms with Gasteiger partial charge in [-0.3, -0.25) is 4.79 Å². The van der Waals surface area contributed by atoms with E-state index in [0.29, 0.717) is 12.8 Å². The zero-order chi connectivity index (χ0) is 14.4. The summed E-state index contributed by atoms with van der Waals surface area (Å²) in [5, 5.41) is 11.5. The van der Waals surface area contributed by atoms with Gasteiger partial charge < -0.3 is 5.32 Å². The number of aryl methyl sites for hydroxylation is 1. The maximum Gasteiger partial charge on any atom is 0.228 e. The fourth-order valence-electron chi connectivity index (χ4n) is 2.01. The largest absolute Gasteiger partial charge is 0.326 e. The maximum absolute atomic E-state index is 11.9. The first kappa shape index (κ1) is 13.8. The normalized spacial score (nSPS) is 9.80. The number of anilines is 1. The van der Waals surface area contributed by atoms with Gasteiger partial charge in [-0.25, -0.2) is 0 Å². The molecule has 0 aliphatic rings. The lowest BCUT2D eigenvalue weighted by Gasteiger charge is -2.06. The molecule has 0 aliphatic carbocycles. The average molecular weight is 264 g/mol. The molecule has 0 aliphatic heterocycles. The van der Waals surface area contributed by atoms with Crippen LogP contribution in [0.15, 0.2) is 48.5 Å². The van der Waals surface area contributed by atoms with Crippen molar-refractivity contribution < 1.29 is 4.79 Å². The van der Waals surface area contributed by atoms with Crippen molar-refractivity contribution in [1.82, 2.24) is 0 Å². The van der Waals surface area contributed by atoms with E-state index in [1.165, 1.54) is 0 Å². The number of amides is 1. The molecule has 3 nitrogen and oxygen atoms in total. The van der Waals surface area contributed by atoms with Crippen LogP contribution >= 0.6 is 0 Å². The lowest BCUT2D eigenvalue weighted by atomic mass is 10.1. The molecule has 0 radical (unpaired) electrons. The summed E-state index contributed by atoms with van der Waals surface area (Å²) in [7, 11) is 0. The molecule has 0 heterocycles. The van der Waals surface area contributed by atoms with Crippen LogP contribution in [0.25, 0.3) is 0 Å². The van der Waals surface area contributed by atoms with Crippen LogP contribution in [-0.4, -0.2) is 5.91 Å². The van der Waals surface area contributed by atoms with Crippen molar-refractivity contribution >= 4 is 11.6 Å². The second-order valence-electron chi connectivity index (χ2n) is 4.75. The Hall–Kier alpha value is -2.60. The highest BCUT2D eigenvalue weighted by Gasteiger charge is 2.04. The van der Waals surface area contributed by atoms with Crippen molar-refractivity contribution in [2.24, 2.45) is 0 Å². The molecular weight excluding hydrogens is 248 g/mol. The molecule has 1 N–H and O–H groups in total. The standard InChI is InChI=1S/C17H16N2O/c1-13-3-2-4-15(11-13)12-17(20)19-16-7-5-14(6-8-16)9-10-18/h2-8,11H,9,12H2,1H3,(H,19,20). The average Bonchev–Trinajstić information content (AvgIpc) is 2.41. The molecule has 20 heavy (non-hydrogen) atoms. The third-order valence-corrected chi connectivity index (χ3v) is 2.97. The number of carbonyl (C=O) groups is 1. The predicted octanol–water partition coefficient (Wildman–Crippen LogP) is 3.24. The zero-order valence-electron chi connectivity index (χ0n) is 11.4. The zero-order valence-corrected chi connectivity index (χ0v) is 11.4. The summed E-state index contributed by atoms with van der Waals surface area (Å²) in [5.74, 6) is -0.0383. The van der Waals surface area contributed by atoms with Crippen molar-refractivity contribution in [3.8, 4) is 6.07 Å². The van der Waals surface area contributed by atoms with Crippen molar-refractivity contribution in [3.63, 3.8) is 0 Å². The van der Waals surface area contributed by atoms with Crippen molar-refractivity contribution in [1.29, 1.82) is 5.26 Å². The molecule has 2 rings (SSSR count). The van der Waals surface area contributed by atoms with E-state index >= 15 is 0 Å². The van der Waals surface area contributed by atoms with Gasteiger partial charge in [-0.2, -0.15) is 5.26 Å². The molecule has 0 atom stereocenters. The minimum absolute atomic E-state index is 0.0383. The number of hydrogen-bond acceptors (Lipinski definition) is 2. The molecular formula is C17H16N2O. The lowest BCUT2D eigenvalue weighted by Crippen LogP contribution is -2.14. The second-order valence-corrected chi connectivity index (χ2v) is 4.75. The van der Waals surface area contributed by atoms with Crippen LogP contribution in [-0.2, 0) is 17.6 Å². The number of hydrogen-bond donors (Lipinski definition) is 1. The number of carbonyl (C=O) groups excluding carboxylic acids is 1. The summed E-state index contributed by atoms with van der Waals surface area (Å²) in [6.45, 7) is 2.01. The van der Waals surface area contributed by atoms with Gasteiger partial charge in [-0.15, -0.1) is 0 Å². The Balaban J connectivity index is 1.96. The van der Waals surface area contributed by atoms with Crippen LogP contribution in [0.1, 0.15) is 16.7 Å². The van der Waals surface area contributed by atoms with Crippen LogP contribution in [0.2, 0.25) is 0 Å². The maximum atomic E-state index is 11.9. The van der Waals surface area contributed by atoms with Crippen LogP contribution in [0.5, 0.6) is 0 Å². The Kier molecular flexibility index (Phi) is 4.52. The number of nitrogens with zero attached hydrogens (tertiary/aromatic N) is 1. The molecule has 0 unspecified atom stereocenters. The molecule has 2 aromatic rings. The SMILES string of the molecule is Cc1cccc(CC(=O)Nc2ccc(CC#N)cc2)c1. The van der Waals surface area contributed by atoms with E-state index in [2.05, 4.69) is 11.4 Å². The number of rotatable bonds is 4. The van der Waals surface area contributed by atoms with E-state index < -0.39 is 0 Å². The lowest BCUT2D eigenvalue weighted by molar-refractivity contribution is -0.115. The first-order chi connectivity index (χ1) is 9.67. The smallest absolute Gasteiger partial charge is 0.228 e. The summed E-state index contributed by atoms with van der Waals surface area (Å²) >= 11 is 0. The molecule has 0 aromatic heterocycles. The molecule has 0 fully saturated rings. The topological polar surface area (TPSA) is 52.9 Å². The van der Waals surface area contributed by atoms with Gasteiger partial charge in [-0.05, 0) is 30.2 Å². The highest BCUT2D eigenvalue weighted by Crippen LogP contribution is 2.11. The third kappa shape index (κ3) is 3.96. The highest BCUT2D eigenvalue weighted by atomic mass is 16.1. The summed E-state index contributed by atoms with van der Waals surface area (Å²) in [6.07, 6.45) is 0.749. The van der Waals surface area contributed by atoms with Gasteiger partial charge in [0, 0.05) is 5.69 Å². The van der Waals surface area contributed by atoms with E-state index in [4.69, 9.17) is 5.26 Å². The quantitative estimate of drug-likeness (QED) is 0.921. The summed E-state index contributed by atoms with van der Waals surface area (Å²) in [5.41, 5.74) is 3.85. The Bertz CT molecular complexity index is 639. The van der Waals surface area contributed by atoms with Gasteiger partial charge in [0.05, 0.1) is 18.9 Å². The monoisotopic (exact) mass is 264 g/mol. The van der Waals surface area contributed by atoms with Gasteiger partial charge in [0.15, 0.2) is 0 Å². The van der Waals surface area contributed by atoms with Crippen molar-refractivity contribution in [3.05, 3.63) is 65.2 Å². The van der Waals surface area contributed by atoms with Gasteiger partial charge in [-0.1, -0.05) is 42.0 Å². The fraction of sp³-hybridized carbons (Fsp3) is 0.176. The first-order valence-electron chi connectivity index (χ1n) is 6.48. The summed E-state index contributed by atoms with van der Waals surface area (Å²) in [6, 6.07) is 17.4. The highest BCUT2D eigenvalue weighted by molar-refractivity contribution is 5.92. The molecule has 2 aromatic carbocycles. The Labute approximate surface area is 118 Å². The van der Waals surface area contributed by atoms with Crippen molar-refractivity contribution in [2.45, 2.75) is 19.8 Å². The molecule has 3 heteroatoms. The van der Waals surface area contributed by atoms with Crippen LogP contribution in [0.4, 0.5) is 5.69 Å². The Morgan fingerprint density at radius 1 is 1.15 bits per heavy atom. The van der Waals surface area contributed by atoms with E-state index in [9.17, 15) is 4.79 Å². The third-order valence-electron chi connectivity index (χ3n) is 2.97.